The molecule has 13 amide bonds. The number of carbonyl (C=O) groups excluding carboxylic acids is 13. The minimum absolute atomic E-state index is 0.0296. The molecule has 0 aromatic carbocycles. The third kappa shape index (κ3) is 28.5. The molecule has 1 aliphatic rings. The number of aliphatic carboxylic acids is 2. The van der Waals surface area contributed by atoms with Crippen molar-refractivity contribution in [2.45, 2.75) is 178 Å². The average Bonchev–Trinajstić information content (AvgIpc) is 4.20. The predicted molar refractivity (Wildman–Crippen MR) is 307 cm³/mol. The van der Waals surface area contributed by atoms with Crippen LogP contribution in [0.4, 0.5) is 0 Å². The molecule has 1 rings (SSSR count). The highest BCUT2D eigenvalue weighted by molar-refractivity contribution is 7.98. The summed E-state index contributed by atoms with van der Waals surface area (Å²) < 4.78 is 0. The fourth-order valence-electron chi connectivity index (χ4n) is 8.03. The second-order valence-corrected chi connectivity index (χ2v) is 21.8. The Labute approximate surface area is 505 Å². The number of carboxylic acids is 2. The smallest absolute Gasteiger partial charge is 0.326 e. The van der Waals surface area contributed by atoms with Crippen molar-refractivity contribution >= 4 is 100 Å². The average molecular weight is 1260 g/mol. The Morgan fingerprint density at radius 2 is 1.01 bits per heavy atom. The zero-order valence-corrected chi connectivity index (χ0v) is 50.4. The lowest BCUT2D eigenvalue weighted by molar-refractivity contribution is -0.144. The Kier molecular flexibility index (Phi) is 35.3. The number of amides is 13. The minimum Gasteiger partial charge on any atom is -0.481 e. The van der Waals surface area contributed by atoms with Crippen LogP contribution in [0.1, 0.15) is 99.3 Å². The second kappa shape index (κ2) is 39.8. The molecule has 0 saturated carbocycles. The zero-order chi connectivity index (χ0) is 66.2. The van der Waals surface area contributed by atoms with Gasteiger partial charge in [0.2, 0.25) is 76.8 Å². The summed E-state index contributed by atoms with van der Waals surface area (Å²) in [5.74, 6) is -16.3. The highest BCUT2D eigenvalue weighted by atomic mass is 32.2. The Bertz CT molecular complexity index is 2420. The Morgan fingerprint density at radius 1 is 0.540 bits per heavy atom. The third-order valence-electron chi connectivity index (χ3n) is 13.1. The quantitative estimate of drug-likeness (QED) is 0.0253. The summed E-state index contributed by atoms with van der Waals surface area (Å²) >= 11 is 1.29. The predicted octanol–water partition coefficient (Wildman–Crippen LogP) is -9.02. The lowest BCUT2D eigenvalue weighted by atomic mass is 10.0. The number of hydrogen-bond acceptors (Lipinski definition) is 21. The fraction of sp³-hybridized carbons (Fsp3) is 0.706. The number of nitrogens with one attached hydrogen (secondary N) is 13. The Balaban J connectivity index is 3.05. The van der Waals surface area contributed by atoms with E-state index in [1.54, 1.807) is 6.26 Å². The van der Waals surface area contributed by atoms with Gasteiger partial charge >= 0.3 is 11.9 Å². The van der Waals surface area contributed by atoms with Crippen molar-refractivity contribution in [1.29, 1.82) is 0 Å². The van der Waals surface area contributed by atoms with E-state index in [9.17, 15) is 97.5 Å². The molecule has 22 N–H and O–H groups in total. The maximum absolute atomic E-state index is 13.7. The molecule has 1 heterocycles. The molecule has 0 aromatic rings. The molecule has 492 valence electrons. The van der Waals surface area contributed by atoms with Crippen LogP contribution in [0.25, 0.3) is 0 Å². The second-order valence-electron chi connectivity index (χ2n) is 20.8. The number of primary amides is 1. The maximum atomic E-state index is 13.7. The minimum atomic E-state index is -1.81. The van der Waals surface area contributed by atoms with Gasteiger partial charge in [-0.2, -0.15) is 11.8 Å². The van der Waals surface area contributed by atoms with Crippen molar-refractivity contribution in [2.75, 3.05) is 44.9 Å². The third-order valence-corrected chi connectivity index (χ3v) is 13.8. The number of hydrogen-bond donors (Lipinski definition) is 20. The number of unbranched alkanes of at least 4 members (excludes halogenated alkanes) is 1. The number of carboxylic acid groups (broad SMARTS) is 2. The number of thioether (sulfide) groups is 1. The molecule has 0 spiro atoms. The molecular weight excluding hydrogens is 1170 g/mol. The number of aliphatic hydroxyl groups is 3. The van der Waals surface area contributed by atoms with Gasteiger partial charge in [-0.1, -0.05) is 13.8 Å². The van der Waals surface area contributed by atoms with Crippen molar-refractivity contribution in [3.63, 3.8) is 0 Å². The molecule has 1 saturated heterocycles. The van der Waals surface area contributed by atoms with Crippen LogP contribution >= 0.6 is 11.8 Å². The number of carbonyl (C=O) groups is 15. The van der Waals surface area contributed by atoms with Crippen molar-refractivity contribution in [1.82, 2.24) is 69.1 Å². The molecule has 0 radical (unpaired) electrons. The van der Waals surface area contributed by atoms with Crippen LogP contribution in [0.5, 0.6) is 0 Å². The largest absolute Gasteiger partial charge is 0.481 e. The Hall–Kier alpha value is -7.80. The topological polar surface area (TPSA) is 566 Å². The van der Waals surface area contributed by atoms with Gasteiger partial charge in [0.25, 0.3) is 0 Å². The zero-order valence-electron chi connectivity index (χ0n) is 49.6. The van der Waals surface area contributed by atoms with Gasteiger partial charge in [0.1, 0.15) is 66.5 Å². The highest BCUT2D eigenvalue weighted by Crippen LogP contribution is 2.10. The van der Waals surface area contributed by atoms with Crippen LogP contribution in [0.2, 0.25) is 0 Å². The first-order chi connectivity index (χ1) is 40.8. The standard InChI is InChI=1S/C51H87N15O20S/c1-23(2)38(66-45(79)30(13-14-35(53)70)59-48(82)34(22-68)64-42(76)26(5)57-47(81)33(21-67)63-41(75)25(4)56-43(77)28-12-10-17-54-28)49(83)58-24(3)40(74)55-20-36(71)65-39(27(6)69)50(84)60-29(11-8-9-16-52)44(78)62-32(19-37(72)73)46(80)61-31(51(85)86)15-18-87-7/h23-34,38-39,54,67-69H,8-22,52H2,1-7H3,(H2,53,70)(H,55,74)(H,56,77)(H,57,81)(H,58,83)(H,59,82)(H,60,84)(H,61,80)(H,62,78)(H,63,75)(H,64,76)(H,65,71)(H,66,79)(H,72,73)(H,85,86)/t24-,25-,26-,27+,28-,29-,30-,31-,32-,33-,34-,38-,39-/m0/s1. The highest BCUT2D eigenvalue weighted by Gasteiger charge is 2.37. The lowest BCUT2D eigenvalue weighted by Gasteiger charge is -2.27. The number of nitrogens with two attached hydrogens (primary N) is 2. The van der Waals surface area contributed by atoms with Gasteiger partial charge in [-0.05, 0) is 104 Å². The van der Waals surface area contributed by atoms with Gasteiger partial charge in [-0.3, -0.25) is 67.1 Å². The molecule has 1 aliphatic heterocycles. The molecule has 36 heteroatoms. The summed E-state index contributed by atoms with van der Waals surface area (Å²) in [5, 5.41) is 79.9. The number of rotatable bonds is 41. The molecular formula is C51H87N15O20S. The normalized spacial score (nSPS) is 16.9. The van der Waals surface area contributed by atoms with Gasteiger partial charge < -0.3 is 106 Å². The summed E-state index contributed by atoms with van der Waals surface area (Å²) in [7, 11) is 0. The van der Waals surface area contributed by atoms with Crippen LogP contribution < -0.4 is 80.6 Å². The summed E-state index contributed by atoms with van der Waals surface area (Å²) in [6.45, 7) is 5.72. The summed E-state index contributed by atoms with van der Waals surface area (Å²) in [5.41, 5.74) is 10.9. The molecule has 13 atom stereocenters. The van der Waals surface area contributed by atoms with Crippen LogP contribution in [-0.4, -0.2) is 238 Å². The van der Waals surface area contributed by atoms with E-state index in [0.717, 1.165) is 20.3 Å². The van der Waals surface area contributed by atoms with Gasteiger partial charge in [0.05, 0.1) is 38.3 Å². The van der Waals surface area contributed by atoms with Gasteiger partial charge in [-0.25, -0.2) is 4.79 Å². The first-order valence-corrected chi connectivity index (χ1v) is 29.4. The van der Waals surface area contributed by atoms with Crippen LogP contribution in [0, 0.1) is 5.92 Å². The summed E-state index contributed by atoms with van der Waals surface area (Å²) in [6.07, 6.45) is -0.217. The first-order valence-electron chi connectivity index (χ1n) is 28.0. The first kappa shape index (κ1) is 77.2. The van der Waals surface area contributed by atoms with Crippen molar-refractivity contribution < 1.29 is 97.5 Å². The van der Waals surface area contributed by atoms with E-state index in [1.165, 1.54) is 39.5 Å². The van der Waals surface area contributed by atoms with E-state index in [0.29, 0.717) is 25.1 Å². The maximum Gasteiger partial charge on any atom is 0.326 e. The fourth-order valence-corrected chi connectivity index (χ4v) is 8.50. The molecule has 87 heavy (non-hydrogen) atoms. The van der Waals surface area contributed by atoms with Crippen LogP contribution in [0.3, 0.4) is 0 Å². The van der Waals surface area contributed by atoms with Gasteiger partial charge in [-0.15, -0.1) is 0 Å². The Morgan fingerprint density at radius 3 is 1.52 bits per heavy atom. The molecule has 35 nitrogen and oxygen atoms in total. The van der Waals surface area contributed by atoms with E-state index in [-0.39, 0.29) is 25.8 Å². The van der Waals surface area contributed by atoms with E-state index in [1.807, 2.05) is 0 Å². The summed E-state index contributed by atoms with van der Waals surface area (Å²) in [4.78, 5) is 194. The van der Waals surface area contributed by atoms with E-state index >= 15 is 0 Å². The van der Waals surface area contributed by atoms with E-state index in [2.05, 4.69) is 69.1 Å². The monoisotopic (exact) mass is 1260 g/mol. The van der Waals surface area contributed by atoms with Gasteiger partial charge in [0, 0.05) is 6.42 Å². The molecule has 0 aromatic heterocycles. The molecule has 1 fully saturated rings. The summed E-state index contributed by atoms with van der Waals surface area (Å²) in [6, 6.07) is -17.6. The number of aliphatic hydroxyl groups excluding tert-OH is 3. The van der Waals surface area contributed by atoms with Gasteiger partial charge in [0.15, 0.2) is 0 Å². The van der Waals surface area contributed by atoms with Crippen molar-refractivity contribution in [3.8, 4) is 0 Å². The SMILES string of the molecule is CSCC[C@H](NC(=O)[C@H](CC(=O)O)NC(=O)[C@H](CCCCN)NC(=O)[C@@H](NC(=O)CNC(=O)[C@H](C)NC(=O)[C@@H](NC(=O)[C@H](CCC(N)=O)NC(=O)[C@H](CO)NC(=O)[C@H](C)NC(=O)[C@H](CO)NC(=O)[C@H](C)NC(=O)[C@@H]1CCCN1)C(C)C)[C@@H](C)O)C(=O)O. The molecule has 0 aliphatic carbocycles. The van der Waals surface area contributed by atoms with E-state index < -0.39 is 212 Å². The molecule has 0 unspecified atom stereocenters. The lowest BCUT2D eigenvalue weighted by Crippen LogP contribution is -2.61. The van der Waals surface area contributed by atoms with E-state index in [4.69, 9.17) is 11.5 Å². The van der Waals surface area contributed by atoms with Crippen molar-refractivity contribution in [3.05, 3.63) is 0 Å². The van der Waals surface area contributed by atoms with Crippen LogP contribution in [-0.2, 0) is 71.9 Å². The molecule has 0 bridgehead atoms. The van der Waals surface area contributed by atoms with Crippen molar-refractivity contribution in [2.24, 2.45) is 17.4 Å². The van der Waals surface area contributed by atoms with Crippen LogP contribution in [0.15, 0.2) is 0 Å².